The Morgan fingerprint density at radius 1 is 1.31 bits per heavy atom. The lowest BCUT2D eigenvalue weighted by Crippen LogP contribution is -2.38. The number of nitro benzene ring substituents is 1. The number of nitro groups is 1. The van der Waals surface area contributed by atoms with Gasteiger partial charge >= 0.3 is 0 Å². The van der Waals surface area contributed by atoms with Crippen LogP contribution >= 0.6 is 0 Å². The Morgan fingerprint density at radius 2 is 2.00 bits per heavy atom. The summed E-state index contributed by atoms with van der Waals surface area (Å²) in [4.78, 5) is 49.1. The van der Waals surface area contributed by atoms with Crippen LogP contribution < -0.4 is 16.0 Å². The highest BCUT2D eigenvalue weighted by Gasteiger charge is 2.31. The highest BCUT2D eigenvalue weighted by Crippen LogP contribution is 2.34. The molecule has 2 aliphatic rings. The summed E-state index contributed by atoms with van der Waals surface area (Å²) >= 11 is 0. The molecule has 1 fully saturated rings. The van der Waals surface area contributed by atoms with Crippen molar-refractivity contribution in [3.63, 3.8) is 0 Å². The molecule has 0 bridgehead atoms. The molecule has 0 unspecified atom stereocenters. The monoisotopic (exact) mass is 403 g/mol. The molecule has 0 aliphatic carbocycles. The number of primary amides is 1. The molecule has 11 nitrogen and oxygen atoms in total. The number of carbonyl (C=O) groups excluding carboxylic acids is 3. The summed E-state index contributed by atoms with van der Waals surface area (Å²) in [7, 11) is 0. The zero-order valence-electron chi connectivity index (χ0n) is 15.5. The zero-order chi connectivity index (χ0) is 21.1. The van der Waals surface area contributed by atoms with E-state index in [4.69, 9.17) is 10.8 Å². The van der Waals surface area contributed by atoms with E-state index in [1.165, 1.54) is 6.07 Å². The topological polar surface area (TPSA) is 159 Å². The number of carbonyl (C=O) groups is 3. The summed E-state index contributed by atoms with van der Waals surface area (Å²) in [5, 5.41) is 23.3. The Morgan fingerprint density at radius 3 is 2.59 bits per heavy atom. The summed E-state index contributed by atoms with van der Waals surface area (Å²) in [6.45, 7) is 0.454. The molecule has 1 aromatic rings. The Bertz CT molecular complexity index is 891. The normalized spacial score (nSPS) is 17.5. The van der Waals surface area contributed by atoms with E-state index >= 15 is 0 Å². The molecule has 29 heavy (non-hydrogen) atoms. The van der Waals surface area contributed by atoms with Gasteiger partial charge in [-0.15, -0.1) is 0 Å². The first-order valence-electron chi connectivity index (χ1n) is 9.10. The second-order valence-electron chi connectivity index (χ2n) is 6.83. The maximum atomic E-state index is 12.2. The molecular formula is C18H21N5O6. The van der Waals surface area contributed by atoms with Crippen molar-refractivity contribution in [1.29, 1.82) is 0 Å². The van der Waals surface area contributed by atoms with Gasteiger partial charge in [-0.05, 0) is 25.0 Å². The average molecular weight is 403 g/mol. The van der Waals surface area contributed by atoms with Crippen molar-refractivity contribution in [2.45, 2.75) is 12.8 Å². The maximum absolute atomic E-state index is 12.2. The van der Waals surface area contributed by atoms with E-state index in [1.807, 2.05) is 4.90 Å². The van der Waals surface area contributed by atoms with Gasteiger partial charge in [0.25, 0.3) is 17.5 Å². The molecule has 3 rings (SSSR count). The van der Waals surface area contributed by atoms with Crippen LogP contribution in [-0.4, -0.2) is 58.9 Å². The van der Waals surface area contributed by atoms with E-state index in [9.17, 15) is 24.5 Å². The number of benzene rings is 1. The van der Waals surface area contributed by atoms with Crippen LogP contribution in [0.4, 0.5) is 17.1 Å². The van der Waals surface area contributed by atoms with Crippen LogP contribution in [0.25, 0.3) is 0 Å². The molecule has 4 N–H and O–H groups in total. The van der Waals surface area contributed by atoms with Gasteiger partial charge in [0.1, 0.15) is 11.4 Å². The number of amides is 3. The molecule has 11 heteroatoms. The molecule has 0 aromatic heterocycles. The number of hydrogen-bond acceptors (Lipinski definition) is 8. The first-order chi connectivity index (χ1) is 13.8. The number of nitrogens with two attached hydrogens (primary N) is 1. The van der Waals surface area contributed by atoms with E-state index in [0.717, 1.165) is 11.0 Å². The number of piperidine rings is 1. The van der Waals surface area contributed by atoms with Crippen molar-refractivity contribution in [2.75, 3.05) is 36.5 Å². The van der Waals surface area contributed by atoms with Crippen LogP contribution in [0, 0.1) is 16.0 Å². The highest BCUT2D eigenvalue weighted by molar-refractivity contribution is 6.17. The number of aliphatic hydroxyl groups is 1. The third kappa shape index (κ3) is 4.19. The minimum Gasteiger partial charge on any atom is -0.395 e. The molecule has 0 atom stereocenters. The Hall–Kier alpha value is -3.47. The highest BCUT2D eigenvalue weighted by atomic mass is 16.6. The van der Waals surface area contributed by atoms with Gasteiger partial charge in [-0.1, -0.05) is 0 Å². The number of β-amino-alcohol motifs (C(OH)–C–C–N with tert-alkyl or cyclic N) is 1. The first-order valence-corrected chi connectivity index (χ1v) is 9.10. The number of nitrogens with zero attached hydrogens (tertiary/aromatic N) is 3. The lowest BCUT2D eigenvalue weighted by Gasteiger charge is -2.32. The van der Waals surface area contributed by atoms with Crippen LogP contribution in [0.3, 0.4) is 0 Å². The summed E-state index contributed by atoms with van der Waals surface area (Å²) in [6.07, 6.45) is 2.14. The van der Waals surface area contributed by atoms with E-state index < -0.39 is 16.7 Å². The third-order valence-electron chi connectivity index (χ3n) is 5.02. The van der Waals surface area contributed by atoms with Crippen molar-refractivity contribution >= 4 is 34.8 Å². The van der Waals surface area contributed by atoms with Crippen molar-refractivity contribution < 1.29 is 24.4 Å². The fourth-order valence-corrected chi connectivity index (χ4v) is 3.49. The maximum Gasteiger partial charge on any atom is 0.294 e. The third-order valence-corrected chi connectivity index (χ3v) is 5.02. The lowest BCUT2D eigenvalue weighted by molar-refractivity contribution is -0.384. The summed E-state index contributed by atoms with van der Waals surface area (Å²) < 4.78 is 0. The molecule has 1 saturated heterocycles. The second-order valence-corrected chi connectivity index (χ2v) is 6.83. The zero-order valence-corrected chi connectivity index (χ0v) is 15.5. The van der Waals surface area contributed by atoms with Crippen molar-refractivity contribution in [2.24, 2.45) is 11.7 Å². The van der Waals surface area contributed by atoms with Gasteiger partial charge in [0.2, 0.25) is 5.91 Å². The van der Waals surface area contributed by atoms with Gasteiger partial charge < -0.3 is 21.1 Å². The molecule has 2 heterocycles. The van der Waals surface area contributed by atoms with Gasteiger partial charge in [0.15, 0.2) is 0 Å². The lowest BCUT2D eigenvalue weighted by atomic mass is 9.96. The fraction of sp³-hybridized carbons (Fsp3) is 0.389. The molecule has 0 radical (unpaired) electrons. The van der Waals surface area contributed by atoms with Crippen molar-refractivity contribution in [1.82, 2.24) is 4.90 Å². The Labute approximate surface area is 165 Å². The van der Waals surface area contributed by atoms with Crippen LogP contribution in [0.2, 0.25) is 0 Å². The fourth-order valence-electron chi connectivity index (χ4n) is 3.49. The number of anilines is 2. The van der Waals surface area contributed by atoms with E-state index in [1.54, 1.807) is 12.1 Å². The van der Waals surface area contributed by atoms with Gasteiger partial charge in [0, 0.05) is 36.8 Å². The smallest absolute Gasteiger partial charge is 0.294 e. The van der Waals surface area contributed by atoms with E-state index in [0.29, 0.717) is 31.6 Å². The van der Waals surface area contributed by atoms with Gasteiger partial charge in [-0.3, -0.25) is 29.4 Å². The summed E-state index contributed by atoms with van der Waals surface area (Å²) in [6, 6.07) is 4.44. The molecule has 2 aliphatic heterocycles. The van der Waals surface area contributed by atoms with E-state index in [2.05, 4.69) is 5.32 Å². The van der Waals surface area contributed by atoms with Gasteiger partial charge in [-0.25, -0.2) is 0 Å². The molecular weight excluding hydrogens is 382 g/mol. The minimum atomic E-state index is -0.607. The molecule has 1 aromatic carbocycles. The Kier molecular flexibility index (Phi) is 5.78. The van der Waals surface area contributed by atoms with Gasteiger partial charge in [-0.2, -0.15) is 0 Å². The van der Waals surface area contributed by atoms with Crippen molar-refractivity contribution in [3.8, 4) is 0 Å². The SMILES string of the molecule is NC(=O)C1CCN(c2ccc(NC3=CC(=O)N(CCO)C3=O)cc2[N+](=O)[O-])CC1. The Balaban J connectivity index is 1.78. The van der Waals surface area contributed by atoms with Crippen LogP contribution in [0.1, 0.15) is 12.8 Å². The number of rotatable bonds is 7. The largest absolute Gasteiger partial charge is 0.395 e. The first kappa shape index (κ1) is 20.3. The van der Waals surface area contributed by atoms with Crippen molar-refractivity contribution in [3.05, 3.63) is 40.1 Å². The standard InChI is InChI=1S/C18H21N5O6/c19-17(26)11-3-5-21(6-4-11)14-2-1-12(9-15(14)23(28)29)20-13-10-16(25)22(7-8-24)18(13)27/h1-2,9-11,20,24H,3-8H2,(H2,19,26). The molecule has 0 spiro atoms. The van der Waals surface area contributed by atoms with Gasteiger partial charge in [0.05, 0.1) is 18.1 Å². The number of imide groups is 1. The molecule has 154 valence electrons. The predicted octanol–water partition coefficient (Wildman–Crippen LogP) is -0.0466. The minimum absolute atomic E-state index is 0.0206. The number of aliphatic hydroxyl groups excluding tert-OH is 1. The van der Waals surface area contributed by atoms with Crippen LogP contribution in [0.15, 0.2) is 30.0 Å². The average Bonchev–Trinajstić information content (AvgIpc) is 2.95. The second kappa shape index (κ2) is 8.27. The number of hydrogen-bond donors (Lipinski definition) is 3. The van der Waals surface area contributed by atoms with Crippen LogP contribution in [-0.2, 0) is 14.4 Å². The number of nitrogens with one attached hydrogen (secondary N) is 1. The quantitative estimate of drug-likeness (QED) is 0.325. The molecule has 0 saturated carbocycles. The summed E-state index contributed by atoms with van der Waals surface area (Å²) in [5.74, 6) is -1.76. The van der Waals surface area contributed by atoms with Crippen LogP contribution in [0.5, 0.6) is 0 Å². The van der Waals surface area contributed by atoms with E-state index in [-0.39, 0.29) is 42.0 Å². The summed E-state index contributed by atoms with van der Waals surface area (Å²) in [5.41, 5.74) is 5.85. The predicted molar refractivity (Wildman–Crippen MR) is 103 cm³/mol. The molecule has 3 amide bonds.